The molecule has 2 N–H and O–H groups in total. The van der Waals surface area contributed by atoms with Gasteiger partial charge in [0.05, 0.1) is 17.7 Å². The summed E-state index contributed by atoms with van der Waals surface area (Å²) >= 11 is 0. The van der Waals surface area contributed by atoms with Crippen molar-refractivity contribution in [3.8, 4) is 22.8 Å². The molecule has 0 unspecified atom stereocenters. The molecule has 0 amide bonds. The topological polar surface area (TPSA) is 62.3 Å². The van der Waals surface area contributed by atoms with Crippen LogP contribution in [0.2, 0.25) is 0 Å². The zero-order valence-electron chi connectivity index (χ0n) is 9.51. The van der Waals surface area contributed by atoms with E-state index in [0.29, 0.717) is 6.54 Å². The number of aromatic nitrogens is 2. The van der Waals surface area contributed by atoms with Crippen molar-refractivity contribution in [2.24, 2.45) is 12.8 Å². The lowest BCUT2D eigenvalue weighted by Crippen LogP contribution is -2.04. The zero-order chi connectivity index (χ0) is 11.8. The molecule has 0 saturated heterocycles. The quantitative estimate of drug-likeness (QED) is 0.845. The summed E-state index contributed by atoms with van der Waals surface area (Å²) in [6.07, 6.45) is 1.77. The van der Waals surface area contributed by atoms with E-state index in [4.69, 9.17) is 15.2 Å². The first-order chi connectivity index (χ1) is 8.29. The van der Waals surface area contributed by atoms with E-state index in [0.717, 1.165) is 28.5 Å². The summed E-state index contributed by atoms with van der Waals surface area (Å²) in [6, 6.07) is 5.80. The van der Waals surface area contributed by atoms with Crippen molar-refractivity contribution in [2.45, 2.75) is 6.54 Å². The van der Waals surface area contributed by atoms with E-state index in [2.05, 4.69) is 4.98 Å². The molecule has 5 nitrogen and oxygen atoms in total. The van der Waals surface area contributed by atoms with Gasteiger partial charge in [-0.05, 0) is 18.2 Å². The van der Waals surface area contributed by atoms with E-state index >= 15 is 0 Å². The van der Waals surface area contributed by atoms with Gasteiger partial charge in [0.2, 0.25) is 6.79 Å². The molecule has 0 bridgehead atoms. The fourth-order valence-corrected chi connectivity index (χ4v) is 1.98. The minimum Gasteiger partial charge on any atom is -0.454 e. The number of imidazole rings is 1. The molecule has 5 heteroatoms. The van der Waals surface area contributed by atoms with Crippen LogP contribution in [0.1, 0.15) is 5.69 Å². The SMILES string of the molecule is Cn1cnc(-c2ccc3c(c2)OCO3)c1CN. The molecule has 2 heterocycles. The fraction of sp³-hybridized carbons (Fsp3) is 0.250. The van der Waals surface area contributed by atoms with Gasteiger partial charge in [0.1, 0.15) is 0 Å². The second kappa shape index (κ2) is 3.78. The predicted octanol–water partition coefficient (Wildman–Crippen LogP) is 1.27. The molecule has 0 aliphatic carbocycles. The lowest BCUT2D eigenvalue weighted by molar-refractivity contribution is 0.174. The summed E-state index contributed by atoms with van der Waals surface area (Å²) < 4.78 is 12.6. The Morgan fingerprint density at radius 2 is 2.18 bits per heavy atom. The second-order valence-corrected chi connectivity index (χ2v) is 3.92. The Labute approximate surface area is 98.8 Å². The molecule has 2 aromatic rings. The van der Waals surface area contributed by atoms with Gasteiger partial charge in [0.25, 0.3) is 0 Å². The number of hydrogen-bond acceptors (Lipinski definition) is 4. The minimum absolute atomic E-state index is 0.282. The van der Waals surface area contributed by atoms with Gasteiger partial charge in [-0.3, -0.25) is 0 Å². The van der Waals surface area contributed by atoms with Gasteiger partial charge in [0.15, 0.2) is 11.5 Å². The Kier molecular flexibility index (Phi) is 2.26. The number of benzene rings is 1. The van der Waals surface area contributed by atoms with Crippen LogP contribution in [0.4, 0.5) is 0 Å². The van der Waals surface area contributed by atoms with E-state index < -0.39 is 0 Å². The summed E-state index contributed by atoms with van der Waals surface area (Å²) in [7, 11) is 1.94. The maximum Gasteiger partial charge on any atom is 0.231 e. The highest BCUT2D eigenvalue weighted by Crippen LogP contribution is 2.36. The number of fused-ring (bicyclic) bond motifs is 1. The minimum atomic E-state index is 0.282. The molecule has 88 valence electrons. The van der Waals surface area contributed by atoms with Crippen molar-refractivity contribution in [1.82, 2.24) is 9.55 Å². The van der Waals surface area contributed by atoms with E-state index in [9.17, 15) is 0 Å². The van der Waals surface area contributed by atoms with E-state index in [-0.39, 0.29) is 6.79 Å². The van der Waals surface area contributed by atoms with Crippen molar-refractivity contribution >= 4 is 0 Å². The van der Waals surface area contributed by atoms with Crippen LogP contribution < -0.4 is 15.2 Å². The molecular formula is C12H13N3O2. The average molecular weight is 231 g/mol. The van der Waals surface area contributed by atoms with Crippen LogP contribution in [0, 0.1) is 0 Å². The van der Waals surface area contributed by atoms with Gasteiger partial charge < -0.3 is 19.8 Å². The Hall–Kier alpha value is -2.01. The lowest BCUT2D eigenvalue weighted by Gasteiger charge is -2.04. The highest BCUT2D eigenvalue weighted by Gasteiger charge is 2.16. The summed E-state index contributed by atoms with van der Waals surface area (Å²) in [5.41, 5.74) is 8.63. The normalized spacial score (nSPS) is 13.1. The van der Waals surface area contributed by atoms with Crippen LogP contribution in [0.3, 0.4) is 0 Å². The number of hydrogen-bond donors (Lipinski definition) is 1. The van der Waals surface area contributed by atoms with Crippen LogP contribution in [0.15, 0.2) is 24.5 Å². The molecule has 17 heavy (non-hydrogen) atoms. The van der Waals surface area contributed by atoms with E-state index in [1.807, 2.05) is 29.8 Å². The molecule has 0 spiro atoms. The van der Waals surface area contributed by atoms with Crippen LogP contribution in [0.5, 0.6) is 11.5 Å². The average Bonchev–Trinajstić information content (AvgIpc) is 2.93. The summed E-state index contributed by atoms with van der Waals surface area (Å²) in [4.78, 5) is 4.37. The second-order valence-electron chi connectivity index (χ2n) is 3.92. The number of ether oxygens (including phenoxy) is 2. The fourth-order valence-electron chi connectivity index (χ4n) is 1.98. The number of nitrogens with zero attached hydrogens (tertiary/aromatic N) is 2. The van der Waals surface area contributed by atoms with Crippen LogP contribution >= 0.6 is 0 Å². The Morgan fingerprint density at radius 3 is 3.00 bits per heavy atom. The van der Waals surface area contributed by atoms with Crippen LogP contribution in [0.25, 0.3) is 11.3 Å². The van der Waals surface area contributed by atoms with Gasteiger partial charge in [-0.1, -0.05) is 0 Å². The highest BCUT2D eigenvalue weighted by molar-refractivity contribution is 5.66. The van der Waals surface area contributed by atoms with E-state index in [1.165, 1.54) is 0 Å². The molecule has 0 fully saturated rings. The van der Waals surface area contributed by atoms with Crippen molar-refractivity contribution < 1.29 is 9.47 Å². The first kappa shape index (κ1) is 10.2. The predicted molar refractivity (Wildman–Crippen MR) is 62.7 cm³/mol. The molecular weight excluding hydrogens is 218 g/mol. The molecule has 1 aromatic carbocycles. The van der Waals surface area contributed by atoms with Crippen molar-refractivity contribution in [2.75, 3.05) is 6.79 Å². The van der Waals surface area contributed by atoms with Crippen LogP contribution in [-0.4, -0.2) is 16.3 Å². The smallest absolute Gasteiger partial charge is 0.231 e. The lowest BCUT2D eigenvalue weighted by atomic mass is 10.1. The zero-order valence-corrected chi connectivity index (χ0v) is 9.51. The maximum absolute atomic E-state index is 5.73. The van der Waals surface area contributed by atoms with Crippen molar-refractivity contribution in [3.63, 3.8) is 0 Å². The van der Waals surface area contributed by atoms with Gasteiger partial charge in [-0.25, -0.2) is 4.98 Å². The monoisotopic (exact) mass is 231 g/mol. The molecule has 0 saturated carbocycles. The molecule has 1 aliphatic heterocycles. The van der Waals surface area contributed by atoms with Gasteiger partial charge in [-0.2, -0.15) is 0 Å². The summed E-state index contributed by atoms with van der Waals surface area (Å²) in [5.74, 6) is 1.54. The number of nitrogens with two attached hydrogens (primary N) is 1. The third kappa shape index (κ3) is 1.55. The van der Waals surface area contributed by atoms with E-state index in [1.54, 1.807) is 6.33 Å². The van der Waals surface area contributed by atoms with Gasteiger partial charge in [0, 0.05) is 19.2 Å². The van der Waals surface area contributed by atoms with Gasteiger partial charge >= 0.3 is 0 Å². The third-order valence-electron chi connectivity index (χ3n) is 2.90. The maximum atomic E-state index is 5.73. The molecule has 0 radical (unpaired) electrons. The van der Waals surface area contributed by atoms with Crippen LogP contribution in [-0.2, 0) is 13.6 Å². The number of rotatable bonds is 2. The Morgan fingerprint density at radius 1 is 1.35 bits per heavy atom. The Bertz CT molecular complexity index is 563. The molecule has 1 aromatic heterocycles. The first-order valence-electron chi connectivity index (χ1n) is 5.40. The largest absolute Gasteiger partial charge is 0.454 e. The number of aryl methyl sites for hydroxylation is 1. The molecule has 3 rings (SSSR count). The first-order valence-corrected chi connectivity index (χ1v) is 5.40. The van der Waals surface area contributed by atoms with Crippen molar-refractivity contribution in [1.29, 1.82) is 0 Å². The molecule has 1 aliphatic rings. The third-order valence-corrected chi connectivity index (χ3v) is 2.90. The Balaban J connectivity index is 2.09. The highest BCUT2D eigenvalue weighted by atomic mass is 16.7. The molecule has 0 atom stereocenters. The summed E-state index contributed by atoms with van der Waals surface area (Å²) in [6.45, 7) is 0.741. The van der Waals surface area contributed by atoms with Gasteiger partial charge in [-0.15, -0.1) is 0 Å². The summed E-state index contributed by atoms with van der Waals surface area (Å²) in [5, 5.41) is 0. The van der Waals surface area contributed by atoms with Crippen molar-refractivity contribution in [3.05, 3.63) is 30.2 Å². The standard InChI is InChI=1S/C12H13N3O2/c1-15-6-14-12(9(15)5-13)8-2-3-10-11(4-8)17-7-16-10/h2-4,6H,5,7,13H2,1H3.